The standard InChI is InChI=1S/C20H42O2/c1-5-7-9-11-13-15-17-21-20(19(3)4)22-18-16-14-12-10-8-6-2/h19-20H,5-18H2,1-4H3. The number of ether oxygens (including phenoxy) is 2. The highest BCUT2D eigenvalue weighted by molar-refractivity contribution is 4.53. The van der Waals surface area contributed by atoms with Gasteiger partial charge in [0.05, 0.1) is 0 Å². The smallest absolute Gasteiger partial charge is 0.159 e. The van der Waals surface area contributed by atoms with Crippen molar-refractivity contribution in [2.75, 3.05) is 13.2 Å². The predicted octanol–water partition coefficient (Wildman–Crippen LogP) is 6.72. The van der Waals surface area contributed by atoms with Gasteiger partial charge in [0.2, 0.25) is 0 Å². The first-order chi connectivity index (χ1) is 10.7. The van der Waals surface area contributed by atoms with Gasteiger partial charge >= 0.3 is 0 Å². The molecule has 0 radical (unpaired) electrons. The van der Waals surface area contributed by atoms with Gasteiger partial charge in [0.1, 0.15) is 0 Å². The minimum Gasteiger partial charge on any atom is -0.352 e. The van der Waals surface area contributed by atoms with Gasteiger partial charge in [-0.15, -0.1) is 0 Å². The monoisotopic (exact) mass is 314 g/mol. The minimum absolute atomic E-state index is 0.00807. The lowest BCUT2D eigenvalue weighted by Gasteiger charge is -2.22. The molecule has 22 heavy (non-hydrogen) atoms. The molecule has 0 heterocycles. The molecular formula is C20H42O2. The molecule has 0 aliphatic heterocycles. The van der Waals surface area contributed by atoms with Crippen LogP contribution in [0.4, 0.5) is 0 Å². The zero-order valence-corrected chi connectivity index (χ0v) is 15.9. The third-order valence-corrected chi connectivity index (χ3v) is 4.10. The highest BCUT2D eigenvalue weighted by Gasteiger charge is 2.13. The van der Waals surface area contributed by atoms with E-state index in [1.165, 1.54) is 77.0 Å². The maximum atomic E-state index is 5.93. The van der Waals surface area contributed by atoms with Crippen LogP contribution in [0.5, 0.6) is 0 Å². The lowest BCUT2D eigenvalue weighted by atomic mass is 10.1. The first-order valence-electron chi connectivity index (χ1n) is 9.95. The summed E-state index contributed by atoms with van der Waals surface area (Å²) in [4.78, 5) is 0. The molecule has 0 fully saturated rings. The molecule has 0 spiro atoms. The van der Waals surface area contributed by atoms with E-state index in [1.807, 2.05) is 0 Å². The summed E-state index contributed by atoms with van der Waals surface area (Å²) in [5.74, 6) is 0.445. The number of rotatable bonds is 17. The van der Waals surface area contributed by atoms with E-state index in [9.17, 15) is 0 Å². The van der Waals surface area contributed by atoms with Crippen LogP contribution in [0.25, 0.3) is 0 Å². The Morgan fingerprint density at radius 3 is 1.27 bits per heavy atom. The minimum atomic E-state index is -0.00807. The molecule has 0 unspecified atom stereocenters. The quantitative estimate of drug-likeness (QED) is 0.219. The van der Waals surface area contributed by atoms with Crippen molar-refractivity contribution in [2.45, 2.75) is 111 Å². The summed E-state index contributed by atoms with van der Waals surface area (Å²) in [6.07, 6.45) is 15.8. The molecular weight excluding hydrogens is 272 g/mol. The van der Waals surface area contributed by atoms with Crippen molar-refractivity contribution >= 4 is 0 Å². The summed E-state index contributed by atoms with van der Waals surface area (Å²) in [6.45, 7) is 10.6. The van der Waals surface area contributed by atoms with Crippen LogP contribution >= 0.6 is 0 Å². The van der Waals surface area contributed by atoms with Gasteiger partial charge in [-0.3, -0.25) is 0 Å². The molecule has 0 amide bonds. The SMILES string of the molecule is CCCCCCCCOC(OCCCCCCCC)C(C)C. The molecule has 0 aromatic carbocycles. The second kappa shape index (κ2) is 17.3. The van der Waals surface area contributed by atoms with Crippen molar-refractivity contribution < 1.29 is 9.47 Å². The van der Waals surface area contributed by atoms with Crippen LogP contribution in [-0.2, 0) is 9.47 Å². The molecule has 0 saturated heterocycles. The van der Waals surface area contributed by atoms with E-state index in [1.54, 1.807) is 0 Å². The van der Waals surface area contributed by atoms with E-state index in [4.69, 9.17) is 9.47 Å². The zero-order chi connectivity index (χ0) is 16.5. The van der Waals surface area contributed by atoms with Gasteiger partial charge in [-0.25, -0.2) is 0 Å². The van der Waals surface area contributed by atoms with E-state index in [0.717, 1.165) is 13.2 Å². The van der Waals surface area contributed by atoms with Gasteiger partial charge < -0.3 is 9.47 Å². The molecule has 0 aromatic rings. The Labute approximate surface area is 140 Å². The van der Waals surface area contributed by atoms with Crippen molar-refractivity contribution in [2.24, 2.45) is 5.92 Å². The fraction of sp³-hybridized carbons (Fsp3) is 1.00. The van der Waals surface area contributed by atoms with Crippen molar-refractivity contribution in [3.8, 4) is 0 Å². The summed E-state index contributed by atoms with van der Waals surface area (Å²) < 4.78 is 11.9. The Morgan fingerprint density at radius 1 is 0.545 bits per heavy atom. The van der Waals surface area contributed by atoms with Crippen molar-refractivity contribution in [1.29, 1.82) is 0 Å². The largest absolute Gasteiger partial charge is 0.352 e. The molecule has 134 valence electrons. The van der Waals surface area contributed by atoms with E-state index >= 15 is 0 Å². The normalized spacial score (nSPS) is 11.7. The molecule has 0 aromatic heterocycles. The van der Waals surface area contributed by atoms with Crippen molar-refractivity contribution in [3.63, 3.8) is 0 Å². The van der Waals surface area contributed by atoms with Gasteiger partial charge in [0.25, 0.3) is 0 Å². The number of unbranched alkanes of at least 4 members (excludes halogenated alkanes) is 10. The van der Waals surface area contributed by atoms with E-state index < -0.39 is 0 Å². The van der Waals surface area contributed by atoms with Gasteiger partial charge in [-0.05, 0) is 12.8 Å². The lowest BCUT2D eigenvalue weighted by Crippen LogP contribution is -2.24. The van der Waals surface area contributed by atoms with Crippen LogP contribution in [0.2, 0.25) is 0 Å². The van der Waals surface area contributed by atoms with Gasteiger partial charge in [-0.1, -0.05) is 91.9 Å². The Hall–Kier alpha value is -0.0800. The highest BCUT2D eigenvalue weighted by Crippen LogP contribution is 2.12. The molecule has 0 aliphatic carbocycles. The number of hydrogen-bond donors (Lipinski definition) is 0. The second-order valence-corrected chi connectivity index (χ2v) is 6.89. The third-order valence-electron chi connectivity index (χ3n) is 4.10. The third kappa shape index (κ3) is 14.8. The van der Waals surface area contributed by atoms with Crippen LogP contribution in [-0.4, -0.2) is 19.5 Å². The van der Waals surface area contributed by atoms with Gasteiger partial charge in [0.15, 0.2) is 6.29 Å². The summed E-state index contributed by atoms with van der Waals surface area (Å²) in [5, 5.41) is 0. The lowest BCUT2D eigenvalue weighted by molar-refractivity contribution is -0.167. The number of hydrogen-bond acceptors (Lipinski definition) is 2. The maximum absolute atomic E-state index is 5.93. The average molecular weight is 315 g/mol. The molecule has 0 atom stereocenters. The van der Waals surface area contributed by atoms with Crippen LogP contribution in [0.15, 0.2) is 0 Å². The first kappa shape index (κ1) is 21.9. The summed E-state index contributed by atoms with van der Waals surface area (Å²) in [6, 6.07) is 0. The van der Waals surface area contributed by atoms with Gasteiger partial charge in [0, 0.05) is 19.1 Å². The maximum Gasteiger partial charge on any atom is 0.159 e. The Bertz CT molecular complexity index is 186. The molecule has 0 rings (SSSR count). The molecule has 0 saturated carbocycles. The van der Waals surface area contributed by atoms with Gasteiger partial charge in [-0.2, -0.15) is 0 Å². The van der Waals surface area contributed by atoms with Crippen molar-refractivity contribution in [3.05, 3.63) is 0 Å². The molecule has 2 heteroatoms. The summed E-state index contributed by atoms with van der Waals surface area (Å²) in [5.41, 5.74) is 0. The van der Waals surface area contributed by atoms with Crippen LogP contribution in [0.3, 0.4) is 0 Å². The van der Waals surface area contributed by atoms with Crippen LogP contribution in [0.1, 0.15) is 105 Å². The predicted molar refractivity (Wildman–Crippen MR) is 97.3 cm³/mol. The van der Waals surface area contributed by atoms with Crippen LogP contribution in [0, 0.1) is 5.92 Å². The van der Waals surface area contributed by atoms with E-state index in [-0.39, 0.29) is 6.29 Å². The van der Waals surface area contributed by atoms with E-state index in [2.05, 4.69) is 27.7 Å². The van der Waals surface area contributed by atoms with Crippen LogP contribution < -0.4 is 0 Å². The average Bonchev–Trinajstić information content (AvgIpc) is 2.50. The van der Waals surface area contributed by atoms with E-state index in [0.29, 0.717) is 5.92 Å². The molecule has 2 nitrogen and oxygen atoms in total. The molecule has 0 aliphatic rings. The van der Waals surface area contributed by atoms with Crippen molar-refractivity contribution in [1.82, 2.24) is 0 Å². The fourth-order valence-electron chi connectivity index (χ4n) is 2.60. The molecule has 0 N–H and O–H groups in total. The highest BCUT2D eigenvalue weighted by atomic mass is 16.7. The summed E-state index contributed by atoms with van der Waals surface area (Å²) >= 11 is 0. The topological polar surface area (TPSA) is 18.5 Å². The fourth-order valence-corrected chi connectivity index (χ4v) is 2.60. The zero-order valence-electron chi connectivity index (χ0n) is 15.9. The Morgan fingerprint density at radius 2 is 0.909 bits per heavy atom. The molecule has 0 bridgehead atoms. The first-order valence-corrected chi connectivity index (χ1v) is 9.95. The second-order valence-electron chi connectivity index (χ2n) is 6.89. The Kier molecular flexibility index (Phi) is 17.2. The summed E-state index contributed by atoms with van der Waals surface area (Å²) in [7, 11) is 0. The Balaban J connectivity index is 3.49.